The molecule has 0 aromatic heterocycles. The van der Waals surface area contributed by atoms with Crippen molar-refractivity contribution in [2.45, 2.75) is 26.3 Å². The van der Waals surface area contributed by atoms with Crippen molar-refractivity contribution in [1.82, 2.24) is 5.32 Å². The van der Waals surface area contributed by atoms with E-state index in [1.54, 1.807) is 6.07 Å². The van der Waals surface area contributed by atoms with Gasteiger partial charge in [-0.1, -0.05) is 35.9 Å². The first-order chi connectivity index (χ1) is 10.1. The minimum Gasteiger partial charge on any atom is -0.494 e. The number of hydrogen-bond acceptors (Lipinski definition) is 2. The van der Waals surface area contributed by atoms with Gasteiger partial charge in [0.05, 0.1) is 7.11 Å². The second kappa shape index (κ2) is 6.72. The normalized spacial score (nSPS) is 12.2. The van der Waals surface area contributed by atoms with Crippen LogP contribution in [-0.2, 0) is 6.42 Å². The highest BCUT2D eigenvalue weighted by atomic mass is 19.1. The molecule has 3 heteroatoms. The molecule has 0 aliphatic carbocycles. The third kappa shape index (κ3) is 3.42. The van der Waals surface area contributed by atoms with E-state index in [0.29, 0.717) is 17.7 Å². The zero-order valence-electron chi connectivity index (χ0n) is 13.0. The van der Waals surface area contributed by atoms with Gasteiger partial charge < -0.3 is 10.1 Å². The third-order valence-corrected chi connectivity index (χ3v) is 3.84. The van der Waals surface area contributed by atoms with Crippen LogP contribution in [0.1, 0.15) is 28.3 Å². The molecule has 2 rings (SSSR count). The van der Waals surface area contributed by atoms with Gasteiger partial charge in [0.2, 0.25) is 0 Å². The van der Waals surface area contributed by atoms with E-state index in [2.05, 4.69) is 37.4 Å². The highest BCUT2D eigenvalue weighted by Crippen LogP contribution is 2.26. The van der Waals surface area contributed by atoms with Gasteiger partial charge in [-0.05, 0) is 50.1 Å². The monoisotopic (exact) mass is 287 g/mol. The first kappa shape index (κ1) is 15.5. The van der Waals surface area contributed by atoms with Crippen LogP contribution >= 0.6 is 0 Å². The van der Waals surface area contributed by atoms with Gasteiger partial charge in [0, 0.05) is 6.04 Å². The minimum atomic E-state index is -0.273. The Hall–Kier alpha value is -1.87. The summed E-state index contributed by atoms with van der Waals surface area (Å²) in [5, 5.41) is 3.28. The first-order valence-corrected chi connectivity index (χ1v) is 7.12. The molecule has 21 heavy (non-hydrogen) atoms. The summed E-state index contributed by atoms with van der Waals surface area (Å²) in [7, 11) is 3.39. The van der Waals surface area contributed by atoms with Gasteiger partial charge >= 0.3 is 0 Å². The third-order valence-electron chi connectivity index (χ3n) is 3.84. The van der Waals surface area contributed by atoms with Crippen LogP contribution < -0.4 is 10.1 Å². The summed E-state index contributed by atoms with van der Waals surface area (Å²) in [5.74, 6) is 0.0213. The van der Waals surface area contributed by atoms with Crippen LogP contribution in [0.5, 0.6) is 5.75 Å². The zero-order valence-corrected chi connectivity index (χ0v) is 13.0. The molecule has 0 aliphatic rings. The summed E-state index contributed by atoms with van der Waals surface area (Å²) in [5.41, 5.74) is 4.32. The maximum Gasteiger partial charge on any atom is 0.168 e. The van der Waals surface area contributed by atoms with E-state index >= 15 is 0 Å². The lowest BCUT2D eigenvalue weighted by Gasteiger charge is -2.20. The molecule has 1 unspecified atom stereocenters. The van der Waals surface area contributed by atoms with Crippen molar-refractivity contribution in [1.29, 1.82) is 0 Å². The summed E-state index contributed by atoms with van der Waals surface area (Å²) in [6, 6.07) is 11.7. The average molecular weight is 287 g/mol. The van der Waals surface area contributed by atoms with Crippen LogP contribution in [0.3, 0.4) is 0 Å². The van der Waals surface area contributed by atoms with Crippen molar-refractivity contribution in [3.05, 3.63) is 64.5 Å². The Labute approximate surface area is 126 Å². The standard InChI is InChI=1S/C18H22FNO/c1-12-8-9-15(13(2)10-12)16(20-3)11-14-6-5-7-17(21-4)18(14)19/h5-10,16,20H,11H2,1-4H3. The van der Waals surface area contributed by atoms with Crippen LogP contribution in [0, 0.1) is 19.7 Å². The maximum absolute atomic E-state index is 14.3. The molecule has 0 saturated carbocycles. The van der Waals surface area contributed by atoms with Crippen molar-refractivity contribution in [2.24, 2.45) is 0 Å². The molecule has 0 bridgehead atoms. The molecule has 0 aliphatic heterocycles. The van der Waals surface area contributed by atoms with Crippen LogP contribution in [0.2, 0.25) is 0 Å². The van der Waals surface area contributed by atoms with Crippen LogP contribution in [0.4, 0.5) is 4.39 Å². The van der Waals surface area contributed by atoms with E-state index in [-0.39, 0.29) is 11.9 Å². The molecular weight excluding hydrogens is 265 g/mol. The smallest absolute Gasteiger partial charge is 0.168 e. The van der Waals surface area contributed by atoms with Crippen molar-refractivity contribution in [3.8, 4) is 5.75 Å². The highest BCUT2D eigenvalue weighted by Gasteiger charge is 2.16. The number of benzene rings is 2. The number of hydrogen-bond donors (Lipinski definition) is 1. The lowest BCUT2D eigenvalue weighted by Crippen LogP contribution is -2.20. The largest absolute Gasteiger partial charge is 0.494 e. The number of aryl methyl sites for hydroxylation is 2. The predicted octanol–water partition coefficient (Wildman–Crippen LogP) is 3.95. The molecule has 0 fully saturated rings. The van der Waals surface area contributed by atoms with Gasteiger partial charge in [-0.2, -0.15) is 0 Å². The van der Waals surface area contributed by atoms with E-state index < -0.39 is 0 Å². The Morgan fingerprint density at radius 2 is 1.95 bits per heavy atom. The Balaban J connectivity index is 2.31. The van der Waals surface area contributed by atoms with Crippen LogP contribution in [0.15, 0.2) is 36.4 Å². The van der Waals surface area contributed by atoms with Gasteiger partial charge in [0.25, 0.3) is 0 Å². The van der Waals surface area contributed by atoms with Gasteiger partial charge in [-0.3, -0.25) is 0 Å². The van der Waals surface area contributed by atoms with Crippen molar-refractivity contribution in [2.75, 3.05) is 14.2 Å². The summed E-state index contributed by atoms with van der Waals surface area (Å²) >= 11 is 0. The van der Waals surface area contributed by atoms with Gasteiger partial charge in [-0.15, -0.1) is 0 Å². The van der Waals surface area contributed by atoms with Crippen LogP contribution in [-0.4, -0.2) is 14.2 Å². The lowest BCUT2D eigenvalue weighted by molar-refractivity contribution is 0.383. The quantitative estimate of drug-likeness (QED) is 0.899. The second-order valence-electron chi connectivity index (χ2n) is 5.34. The van der Waals surface area contributed by atoms with Gasteiger partial charge in [0.15, 0.2) is 11.6 Å². The highest BCUT2D eigenvalue weighted by molar-refractivity contribution is 5.36. The molecular formula is C18H22FNO. The van der Waals surface area contributed by atoms with E-state index in [0.717, 1.165) is 0 Å². The Morgan fingerprint density at radius 3 is 2.57 bits per heavy atom. The number of likely N-dealkylation sites (N-methyl/N-ethyl adjacent to an activating group) is 1. The fraction of sp³-hybridized carbons (Fsp3) is 0.333. The molecule has 2 nitrogen and oxygen atoms in total. The number of halogens is 1. The van der Waals surface area contributed by atoms with Gasteiger partial charge in [-0.25, -0.2) is 4.39 Å². The van der Waals surface area contributed by atoms with Crippen molar-refractivity contribution >= 4 is 0 Å². The topological polar surface area (TPSA) is 21.3 Å². The fourth-order valence-corrected chi connectivity index (χ4v) is 2.68. The second-order valence-corrected chi connectivity index (χ2v) is 5.34. The molecule has 2 aromatic rings. The summed E-state index contributed by atoms with van der Waals surface area (Å²) in [4.78, 5) is 0. The first-order valence-electron chi connectivity index (χ1n) is 7.12. The molecule has 0 spiro atoms. The number of nitrogens with one attached hydrogen (secondary N) is 1. The lowest BCUT2D eigenvalue weighted by atomic mass is 9.94. The summed E-state index contributed by atoms with van der Waals surface area (Å²) in [6.07, 6.45) is 0.587. The molecule has 0 amide bonds. The van der Waals surface area contributed by atoms with E-state index in [1.807, 2.05) is 19.2 Å². The molecule has 112 valence electrons. The van der Waals surface area contributed by atoms with Gasteiger partial charge in [0.1, 0.15) is 0 Å². The zero-order chi connectivity index (χ0) is 15.4. The number of methoxy groups -OCH3 is 1. The maximum atomic E-state index is 14.3. The number of ether oxygens (including phenoxy) is 1. The van der Waals surface area contributed by atoms with E-state index in [1.165, 1.54) is 23.8 Å². The SMILES string of the molecule is CNC(Cc1cccc(OC)c1F)c1ccc(C)cc1C. The minimum absolute atomic E-state index is 0.0761. The van der Waals surface area contributed by atoms with Crippen molar-refractivity contribution in [3.63, 3.8) is 0 Å². The predicted molar refractivity (Wildman–Crippen MR) is 84.4 cm³/mol. The number of rotatable bonds is 5. The van der Waals surface area contributed by atoms with E-state index in [4.69, 9.17) is 4.74 Å². The molecule has 1 atom stereocenters. The molecule has 0 heterocycles. The Morgan fingerprint density at radius 1 is 1.19 bits per heavy atom. The average Bonchev–Trinajstić information content (AvgIpc) is 2.47. The Bertz CT molecular complexity index is 625. The van der Waals surface area contributed by atoms with Crippen LogP contribution in [0.25, 0.3) is 0 Å². The van der Waals surface area contributed by atoms with E-state index in [9.17, 15) is 4.39 Å². The molecule has 0 saturated heterocycles. The van der Waals surface area contributed by atoms with Crippen molar-refractivity contribution < 1.29 is 9.13 Å². The summed E-state index contributed by atoms with van der Waals surface area (Å²) < 4.78 is 19.3. The summed E-state index contributed by atoms with van der Waals surface area (Å²) in [6.45, 7) is 4.17. The fourth-order valence-electron chi connectivity index (χ4n) is 2.68. The molecule has 2 aromatic carbocycles. The Kier molecular flexibility index (Phi) is 4.97. The molecule has 0 radical (unpaired) electrons. The molecule has 1 N–H and O–H groups in total.